The van der Waals surface area contributed by atoms with Gasteiger partial charge in [0.15, 0.2) is 11.6 Å². The summed E-state index contributed by atoms with van der Waals surface area (Å²) < 4.78 is 32.9. The molecular weight excluding hydrogens is 322 g/mol. The maximum absolute atomic E-state index is 13.5. The third kappa shape index (κ3) is 3.61. The zero-order chi connectivity index (χ0) is 17.9. The first-order valence-corrected chi connectivity index (χ1v) is 7.39. The molecule has 1 aromatic heterocycles. The Hall–Kier alpha value is -2.71. The Kier molecular flexibility index (Phi) is 5.32. The summed E-state index contributed by atoms with van der Waals surface area (Å²) >= 11 is 0. The molecule has 0 aliphatic carbocycles. The molecule has 1 heterocycles. The predicted octanol–water partition coefficient (Wildman–Crippen LogP) is 2.29. The molecule has 0 spiro atoms. The highest BCUT2D eigenvalue weighted by Crippen LogP contribution is 2.25. The molecule has 0 radical (unpaired) electrons. The summed E-state index contributed by atoms with van der Waals surface area (Å²) in [5.74, 6) is -2.79. The predicted molar refractivity (Wildman–Crippen MR) is 81.8 cm³/mol. The largest absolute Gasteiger partial charge is 0.449 e. The van der Waals surface area contributed by atoms with Crippen molar-refractivity contribution in [3.05, 3.63) is 30.1 Å². The Morgan fingerprint density at radius 2 is 1.92 bits per heavy atom. The number of fused-ring (bicyclic) bond motifs is 1. The van der Waals surface area contributed by atoms with Crippen molar-refractivity contribution in [2.45, 2.75) is 26.8 Å². The van der Waals surface area contributed by atoms with Gasteiger partial charge in [-0.2, -0.15) is 0 Å². The number of amides is 2. The molecule has 0 bridgehead atoms. The summed E-state index contributed by atoms with van der Waals surface area (Å²) in [6, 6.07) is 1.16. The molecule has 2 aromatic rings. The van der Waals surface area contributed by atoms with Gasteiger partial charge in [-0.25, -0.2) is 24.0 Å². The van der Waals surface area contributed by atoms with Crippen molar-refractivity contribution in [2.24, 2.45) is 5.92 Å². The van der Waals surface area contributed by atoms with E-state index in [1.54, 1.807) is 20.8 Å². The first-order chi connectivity index (χ1) is 11.3. The molecule has 2 rings (SSSR count). The number of aromatic nitrogens is 2. The molecule has 1 aromatic carbocycles. The fourth-order valence-electron chi connectivity index (χ4n) is 2.35. The van der Waals surface area contributed by atoms with E-state index in [2.05, 4.69) is 20.6 Å². The Morgan fingerprint density at radius 1 is 1.25 bits per heavy atom. The minimum absolute atomic E-state index is 0.159. The molecule has 1 atom stereocenters. The first-order valence-electron chi connectivity index (χ1n) is 7.39. The van der Waals surface area contributed by atoms with Gasteiger partial charge in [0.05, 0.1) is 24.0 Å². The van der Waals surface area contributed by atoms with Crippen LogP contribution in [0.3, 0.4) is 0 Å². The average Bonchev–Trinajstić information content (AvgIpc) is 2.88. The summed E-state index contributed by atoms with van der Waals surface area (Å²) in [6.45, 7) is 5.34. The summed E-state index contributed by atoms with van der Waals surface area (Å²) in [5.41, 5.74) is 4.87. The van der Waals surface area contributed by atoms with E-state index in [4.69, 9.17) is 0 Å². The van der Waals surface area contributed by atoms with Gasteiger partial charge < -0.3 is 9.30 Å². The third-order valence-corrected chi connectivity index (χ3v) is 3.38. The SMILES string of the molecule is CCOC(=O)NNC(=O)[C@@H](C(C)C)n1cnc2cc(F)c(F)cc21. The molecule has 2 N–H and O–H groups in total. The van der Waals surface area contributed by atoms with Crippen LogP contribution in [0, 0.1) is 17.6 Å². The topological polar surface area (TPSA) is 85.3 Å². The van der Waals surface area contributed by atoms with E-state index in [0.717, 1.165) is 12.1 Å². The fourth-order valence-corrected chi connectivity index (χ4v) is 2.35. The highest BCUT2D eigenvalue weighted by atomic mass is 19.2. The van der Waals surface area contributed by atoms with Crippen LogP contribution >= 0.6 is 0 Å². The zero-order valence-corrected chi connectivity index (χ0v) is 13.5. The minimum atomic E-state index is -1.03. The van der Waals surface area contributed by atoms with Gasteiger partial charge in [0.2, 0.25) is 0 Å². The fraction of sp³-hybridized carbons (Fsp3) is 0.400. The van der Waals surface area contributed by atoms with Crippen molar-refractivity contribution in [3.63, 3.8) is 0 Å². The Balaban J connectivity index is 2.29. The van der Waals surface area contributed by atoms with Crippen LogP contribution in [-0.2, 0) is 9.53 Å². The van der Waals surface area contributed by atoms with Crippen LogP contribution in [-0.4, -0.2) is 28.2 Å². The molecular formula is C15H18F2N4O3. The summed E-state index contributed by atoms with van der Waals surface area (Å²) in [5, 5.41) is 0. The molecule has 2 amide bonds. The Morgan fingerprint density at radius 3 is 2.54 bits per heavy atom. The lowest BCUT2D eigenvalue weighted by atomic mass is 10.0. The number of carbonyl (C=O) groups excluding carboxylic acids is 2. The molecule has 0 fully saturated rings. The standard InChI is InChI=1S/C15H18F2N4O3/c1-4-24-15(23)20-19-14(22)13(8(2)3)21-7-18-11-5-9(16)10(17)6-12(11)21/h5-8,13H,4H2,1-3H3,(H,19,22)(H,20,23)/t13-/m1/s1. The molecule has 24 heavy (non-hydrogen) atoms. The number of hydrazine groups is 1. The summed E-state index contributed by atoms with van der Waals surface area (Å²) in [7, 11) is 0. The number of imidazole rings is 1. The van der Waals surface area contributed by atoms with Crippen LogP contribution in [0.2, 0.25) is 0 Å². The quantitative estimate of drug-likeness (QED) is 0.836. The van der Waals surface area contributed by atoms with E-state index >= 15 is 0 Å². The smallest absolute Gasteiger partial charge is 0.426 e. The molecule has 0 unspecified atom stereocenters. The molecule has 0 aliphatic rings. The van der Waals surface area contributed by atoms with Crippen molar-refractivity contribution in [1.29, 1.82) is 0 Å². The van der Waals surface area contributed by atoms with Crippen LogP contribution < -0.4 is 10.9 Å². The van der Waals surface area contributed by atoms with E-state index in [9.17, 15) is 18.4 Å². The van der Waals surface area contributed by atoms with Gasteiger partial charge in [0, 0.05) is 12.1 Å². The third-order valence-electron chi connectivity index (χ3n) is 3.38. The average molecular weight is 340 g/mol. The second-order valence-corrected chi connectivity index (χ2v) is 5.43. The van der Waals surface area contributed by atoms with Gasteiger partial charge in [-0.05, 0) is 12.8 Å². The lowest BCUT2D eigenvalue weighted by Gasteiger charge is -2.22. The lowest BCUT2D eigenvalue weighted by Crippen LogP contribution is -2.46. The van der Waals surface area contributed by atoms with Crippen molar-refractivity contribution >= 4 is 23.0 Å². The normalized spacial score (nSPS) is 12.2. The van der Waals surface area contributed by atoms with Crippen LogP contribution in [0.25, 0.3) is 11.0 Å². The van der Waals surface area contributed by atoms with Gasteiger partial charge >= 0.3 is 6.09 Å². The van der Waals surface area contributed by atoms with Gasteiger partial charge in [-0.3, -0.25) is 10.2 Å². The molecule has 7 nitrogen and oxygen atoms in total. The van der Waals surface area contributed by atoms with Crippen molar-refractivity contribution < 1.29 is 23.1 Å². The monoisotopic (exact) mass is 340 g/mol. The minimum Gasteiger partial charge on any atom is -0.449 e. The molecule has 130 valence electrons. The van der Waals surface area contributed by atoms with Gasteiger partial charge in [0.1, 0.15) is 6.04 Å². The molecule has 0 saturated carbocycles. The lowest BCUT2D eigenvalue weighted by molar-refractivity contribution is -0.126. The van der Waals surface area contributed by atoms with Crippen LogP contribution in [0.4, 0.5) is 13.6 Å². The maximum atomic E-state index is 13.5. The van der Waals surface area contributed by atoms with Crippen LogP contribution in [0.15, 0.2) is 18.5 Å². The second-order valence-electron chi connectivity index (χ2n) is 5.43. The van der Waals surface area contributed by atoms with E-state index < -0.39 is 29.7 Å². The first kappa shape index (κ1) is 17.6. The van der Waals surface area contributed by atoms with Crippen LogP contribution in [0.1, 0.15) is 26.8 Å². The van der Waals surface area contributed by atoms with E-state index in [1.807, 2.05) is 0 Å². The van der Waals surface area contributed by atoms with Crippen LogP contribution in [0.5, 0.6) is 0 Å². The number of nitrogens with zero attached hydrogens (tertiary/aromatic N) is 2. The van der Waals surface area contributed by atoms with E-state index in [1.165, 1.54) is 10.9 Å². The number of hydrogen-bond acceptors (Lipinski definition) is 4. The summed E-state index contributed by atoms with van der Waals surface area (Å²) in [6.07, 6.45) is 0.537. The second kappa shape index (κ2) is 7.24. The van der Waals surface area contributed by atoms with Gasteiger partial charge in [-0.15, -0.1) is 0 Å². The van der Waals surface area contributed by atoms with Crippen molar-refractivity contribution in [2.75, 3.05) is 6.61 Å². The van der Waals surface area contributed by atoms with E-state index in [0.29, 0.717) is 0 Å². The van der Waals surface area contributed by atoms with Crippen molar-refractivity contribution in [1.82, 2.24) is 20.4 Å². The highest BCUT2D eigenvalue weighted by molar-refractivity contribution is 5.85. The Labute approximate surface area is 137 Å². The summed E-state index contributed by atoms with van der Waals surface area (Å²) in [4.78, 5) is 27.6. The van der Waals surface area contributed by atoms with Gasteiger partial charge in [0.25, 0.3) is 5.91 Å². The van der Waals surface area contributed by atoms with E-state index in [-0.39, 0.29) is 23.6 Å². The van der Waals surface area contributed by atoms with Crippen molar-refractivity contribution in [3.8, 4) is 0 Å². The highest BCUT2D eigenvalue weighted by Gasteiger charge is 2.26. The molecule has 9 heteroatoms. The number of benzene rings is 1. The Bertz CT molecular complexity index is 761. The number of carbonyl (C=O) groups is 2. The molecule has 0 aliphatic heterocycles. The molecule has 0 saturated heterocycles. The number of hydrogen-bond donors (Lipinski definition) is 2. The van der Waals surface area contributed by atoms with Gasteiger partial charge in [-0.1, -0.05) is 13.8 Å². The zero-order valence-electron chi connectivity index (χ0n) is 13.5. The number of rotatable bonds is 4. The number of halogens is 2. The number of nitrogens with one attached hydrogen (secondary N) is 2. The maximum Gasteiger partial charge on any atom is 0.426 e. The number of ether oxygens (including phenoxy) is 1.